The molecule has 8 nitrogen and oxygen atoms in total. The molecule has 3 aliphatic rings. The minimum Gasteiger partial charge on any atom is -0.380 e. The van der Waals surface area contributed by atoms with Crippen molar-refractivity contribution in [2.75, 3.05) is 10.6 Å². The Morgan fingerprint density at radius 1 is 1.13 bits per heavy atom. The number of benzene rings is 2. The number of fused-ring (bicyclic) bond motifs is 1. The number of nitrogens with zero attached hydrogens (tertiary/aromatic N) is 4. The molecule has 0 saturated heterocycles. The molecule has 0 spiro atoms. The van der Waals surface area contributed by atoms with Crippen molar-refractivity contribution in [2.45, 2.75) is 64.1 Å². The SMILES string of the molecule is [2H]C(Nc1cc(C#N)c2ncc(C#N)c(NC3CCCC3(C)C)c2c1)(C1=CN(C2CC2)NN1)c1ccccc1. The van der Waals surface area contributed by atoms with Gasteiger partial charge >= 0.3 is 0 Å². The summed E-state index contributed by atoms with van der Waals surface area (Å²) in [5, 5.41) is 29.8. The molecular formula is C30H32N8. The fraction of sp³-hybridized carbons (Fsp3) is 0.367. The van der Waals surface area contributed by atoms with Crippen molar-refractivity contribution in [3.8, 4) is 12.1 Å². The van der Waals surface area contributed by atoms with Crippen LogP contribution < -0.4 is 21.6 Å². The van der Waals surface area contributed by atoms with Crippen LogP contribution in [0, 0.1) is 28.1 Å². The number of hydrazine groups is 2. The maximum Gasteiger partial charge on any atom is 0.103 e. The highest BCUT2D eigenvalue weighted by Crippen LogP contribution is 2.41. The van der Waals surface area contributed by atoms with Gasteiger partial charge in [-0.25, -0.2) is 0 Å². The van der Waals surface area contributed by atoms with Crippen LogP contribution in [0.3, 0.4) is 0 Å². The number of rotatable bonds is 7. The number of anilines is 2. The molecule has 6 rings (SSSR count). The molecule has 0 radical (unpaired) electrons. The molecule has 2 unspecified atom stereocenters. The van der Waals surface area contributed by atoms with Crippen LogP contribution in [0.25, 0.3) is 10.9 Å². The molecule has 38 heavy (non-hydrogen) atoms. The normalized spacial score (nSPS) is 22.0. The monoisotopic (exact) mass is 505 g/mol. The smallest absolute Gasteiger partial charge is 0.103 e. The Hall–Kier alpha value is -4.27. The van der Waals surface area contributed by atoms with Crippen LogP contribution in [0.15, 0.2) is 60.6 Å². The lowest BCUT2D eigenvalue weighted by Gasteiger charge is -2.29. The number of pyridine rings is 1. The quantitative estimate of drug-likeness (QED) is 0.335. The van der Waals surface area contributed by atoms with Gasteiger partial charge < -0.3 is 16.1 Å². The van der Waals surface area contributed by atoms with Crippen LogP contribution in [0.1, 0.15) is 70.0 Å². The standard InChI is InChI=1S/C30H32N8/c1-30(2)12-6-9-26(30)35-28-21(16-32)17-33-27-20(15-31)13-22(14-24(27)28)34-29(19-7-4-3-5-8-19)25-18-38(37-36-25)23-10-11-23/h3-5,7-8,13-14,17-18,23,26,29,34,36-37H,6,9-12H2,1-2H3,(H,33,35)/i29D. The molecule has 8 heteroatoms. The maximum atomic E-state index is 10.1. The van der Waals surface area contributed by atoms with Gasteiger partial charge in [0.25, 0.3) is 0 Å². The molecule has 2 aliphatic carbocycles. The third kappa shape index (κ3) is 4.49. The molecule has 2 aromatic carbocycles. The third-order valence-corrected chi connectivity index (χ3v) is 7.92. The highest BCUT2D eigenvalue weighted by Gasteiger charge is 2.35. The van der Waals surface area contributed by atoms with Gasteiger partial charge in [0, 0.05) is 35.6 Å². The highest BCUT2D eigenvalue weighted by molar-refractivity contribution is 5.99. The van der Waals surface area contributed by atoms with Crippen LogP contribution >= 0.6 is 0 Å². The minimum absolute atomic E-state index is 0.0843. The fourth-order valence-corrected chi connectivity index (χ4v) is 5.52. The van der Waals surface area contributed by atoms with E-state index in [1.54, 1.807) is 12.3 Å². The molecule has 4 N–H and O–H groups in total. The van der Waals surface area contributed by atoms with E-state index >= 15 is 0 Å². The summed E-state index contributed by atoms with van der Waals surface area (Å²) in [6.45, 7) is 4.49. The van der Waals surface area contributed by atoms with Gasteiger partial charge in [-0.15, -0.1) is 5.53 Å². The van der Waals surface area contributed by atoms with E-state index in [4.69, 9.17) is 0 Å². The van der Waals surface area contributed by atoms with Crippen molar-refractivity contribution in [1.82, 2.24) is 21.0 Å². The molecule has 0 bridgehead atoms. The van der Waals surface area contributed by atoms with Gasteiger partial charge in [-0.2, -0.15) is 10.5 Å². The Labute approximate surface area is 224 Å². The molecule has 1 aromatic heterocycles. The van der Waals surface area contributed by atoms with Gasteiger partial charge in [-0.1, -0.05) is 50.6 Å². The summed E-state index contributed by atoms with van der Waals surface area (Å²) in [7, 11) is 0. The summed E-state index contributed by atoms with van der Waals surface area (Å²) in [4.78, 5) is 4.50. The molecular weight excluding hydrogens is 472 g/mol. The zero-order valence-electron chi connectivity index (χ0n) is 22.7. The number of nitriles is 2. The Kier molecular flexibility index (Phi) is 5.76. The van der Waals surface area contributed by atoms with Crippen molar-refractivity contribution < 1.29 is 1.37 Å². The lowest BCUT2D eigenvalue weighted by molar-refractivity contribution is 0.260. The van der Waals surface area contributed by atoms with Gasteiger partial charge in [-0.3, -0.25) is 9.99 Å². The Balaban J connectivity index is 1.46. The zero-order chi connectivity index (χ0) is 27.2. The molecule has 1 aliphatic heterocycles. The molecule has 2 atom stereocenters. The van der Waals surface area contributed by atoms with Crippen molar-refractivity contribution in [3.05, 3.63) is 77.2 Å². The van der Waals surface area contributed by atoms with Crippen LogP contribution in [0.4, 0.5) is 11.4 Å². The Bertz CT molecular complexity index is 1530. The van der Waals surface area contributed by atoms with E-state index in [1.807, 2.05) is 47.6 Å². The molecule has 2 saturated carbocycles. The van der Waals surface area contributed by atoms with E-state index in [2.05, 4.69) is 52.6 Å². The largest absolute Gasteiger partial charge is 0.380 e. The summed E-state index contributed by atoms with van der Waals surface area (Å²) in [6, 6.07) is 17.0. The molecule has 192 valence electrons. The van der Waals surface area contributed by atoms with Gasteiger partial charge in [-0.05, 0) is 48.8 Å². The van der Waals surface area contributed by atoms with Crippen LogP contribution in [0.2, 0.25) is 0 Å². The van der Waals surface area contributed by atoms with E-state index in [9.17, 15) is 11.9 Å². The number of nitrogens with one attached hydrogen (secondary N) is 4. The first kappa shape index (κ1) is 22.9. The van der Waals surface area contributed by atoms with Gasteiger partial charge in [0.15, 0.2) is 0 Å². The second-order valence-electron chi connectivity index (χ2n) is 11.1. The summed E-state index contributed by atoms with van der Waals surface area (Å²) < 4.78 is 9.67. The maximum absolute atomic E-state index is 10.1. The summed E-state index contributed by atoms with van der Waals surface area (Å²) >= 11 is 0. The summed E-state index contributed by atoms with van der Waals surface area (Å²) in [5.74, 6) is 0. The van der Waals surface area contributed by atoms with Crippen molar-refractivity contribution in [1.29, 1.82) is 10.5 Å². The fourth-order valence-electron chi connectivity index (χ4n) is 5.52. The van der Waals surface area contributed by atoms with Crippen LogP contribution in [-0.4, -0.2) is 22.1 Å². The Morgan fingerprint density at radius 3 is 2.61 bits per heavy atom. The first-order valence-electron chi connectivity index (χ1n) is 13.7. The van der Waals surface area contributed by atoms with E-state index in [-0.39, 0.29) is 11.5 Å². The third-order valence-electron chi connectivity index (χ3n) is 7.92. The first-order valence-corrected chi connectivity index (χ1v) is 13.2. The van der Waals surface area contributed by atoms with E-state index in [0.29, 0.717) is 45.1 Å². The lowest BCUT2D eigenvalue weighted by Crippen LogP contribution is -2.38. The minimum atomic E-state index is -1.38. The van der Waals surface area contributed by atoms with Gasteiger partial charge in [0.1, 0.15) is 12.1 Å². The average molecular weight is 506 g/mol. The zero-order valence-corrected chi connectivity index (χ0v) is 21.7. The predicted molar refractivity (Wildman–Crippen MR) is 148 cm³/mol. The lowest BCUT2D eigenvalue weighted by atomic mass is 9.87. The first-order chi connectivity index (χ1) is 18.8. The van der Waals surface area contributed by atoms with E-state index in [0.717, 1.165) is 37.7 Å². The Morgan fingerprint density at radius 2 is 1.92 bits per heavy atom. The van der Waals surface area contributed by atoms with Crippen molar-refractivity contribution >= 4 is 22.3 Å². The second kappa shape index (κ2) is 9.55. The molecule has 2 heterocycles. The average Bonchev–Trinajstić information content (AvgIpc) is 3.57. The van der Waals surface area contributed by atoms with Crippen LogP contribution in [-0.2, 0) is 0 Å². The summed E-state index contributed by atoms with van der Waals surface area (Å²) in [6.07, 6.45) is 8.96. The van der Waals surface area contributed by atoms with Gasteiger partial charge in [0.2, 0.25) is 0 Å². The van der Waals surface area contributed by atoms with Crippen LogP contribution in [0.5, 0.6) is 0 Å². The second-order valence-corrected chi connectivity index (χ2v) is 11.1. The number of hydrogen-bond acceptors (Lipinski definition) is 8. The number of aromatic nitrogens is 1. The van der Waals surface area contributed by atoms with E-state index < -0.39 is 6.02 Å². The van der Waals surface area contributed by atoms with Crippen molar-refractivity contribution in [3.63, 3.8) is 0 Å². The topological polar surface area (TPSA) is 112 Å². The number of hydrogen-bond donors (Lipinski definition) is 4. The predicted octanol–water partition coefficient (Wildman–Crippen LogP) is 5.45. The van der Waals surface area contributed by atoms with E-state index in [1.165, 1.54) is 0 Å². The van der Waals surface area contributed by atoms with Crippen molar-refractivity contribution in [2.24, 2.45) is 5.41 Å². The molecule has 3 aromatic rings. The van der Waals surface area contributed by atoms with Gasteiger partial charge in [0.05, 0.1) is 35.4 Å². The molecule has 2 fully saturated rings. The molecule has 0 amide bonds. The highest BCUT2D eigenvalue weighted by atomic mass is 15.7. The summed E-state index contributed by atoms with van der Waals surface area (Å²) in [5.41, 5.74) is 10.5.